The van der Waals surface area contributed by atoms with Crippen molar-refractivity contribution >= 4 is 29.1 Å². The van der Waals surface area contributed by atoms with E-state index >= 15 is 0 Å². The number of fused-ring (bicyclic) bond motifs is 3. The monoisotopic (exact) mass is 501 g/mol. The second-order valence-electron chi connectivity index (χ2n) is 8.81. The number of aryl methyl sites for hydroxylation is 2. The minimum Gasteiger partial charge on any atom is -0.481 e. The lowest BCUT2D eigenvalue weighted by molar-refractivity contribution is -0.139. The van der Waals surface area contributed by atoms with E-state index < -0.39 is 5.97 Å². The number of hydrogen-bond donors (Lipinski definition) is 1. The number of aliphatic carboxylic acids is 1. The van der Waals surface area contributed by atoms with Gasteiger partial charge in [0.25, 0.3) is 0 Å². The SMILES string of the molecule is Cc1cc(C)c2c(c1OCC(=O)O)Cc1sc(SCCC(c3ccccc3)c3ccccc3)nc1-2. The van der Waals surface area contributed by atoms with Gasteiger partial charge in [-0.3, -0.25) is 0 Å². The second kappa shape index (κ2) is 10.3. The molecule has 0 amide bonds. The van der Waals surface area contributed by atoms with Crippen molar-refractivity contribution in [1.82, 2.24) is 4.98 Å². The van der Waals surface area contributed by atoms with E-state index in [1.807, 2.05) is 18.7 Å². The summed E-state index contributed by atoms with van der Waals surface area (Å²) in [5.41, 5.74) is 8.04. The minimum absolute atomic E-state index is 0.331. The molecule has 1 aromatic heterocycles. The van der Waals surface area contributed by atoms with Gasteiger partial charge in [-0.1, -0.05) is 78.5 Å². The van der Waals surface area contributed by atoms with Crippen molar-refractivity contribution in [3.05, 3.63) is 99.4 Å². The van der Waals surface area contributed by atoms with E-state index in [0.29, 0.717) is 11.7 Å². The molecular formula is C29H27NO3S2. The molecule has 3 aromatic carbocycles. The first kappa shape index (κ1) is 23.6. The maximum absolute atomic E-state index is 11.1. The fourth-order valence-electron chi connectivity index (χ4n) is 4.91. The van der Waals surface area contributed by atoms with Crippen LogP contribution in [0.5, 0.6) is 5.75 Å². The molecule has 6 heteroatoms. The Hall–Kier alpha value is -3.09. The molecule has 0 bridgehead atoms. The Balaban J connectivity index is 1.33. The molecule has 35 heavy (non-hydrogen) atoms. The summed E-state index contributed by atoms with van der Waals surface area (Å²) in [6.07, 6.45) is 1.78. The fraction of sp³-hybridized carbons (Fsp3) is 0.241. The van der Waals surface area contributed by atoms with E-state index in [1.54, 1.807) is 11.3 Å². The maximum atomic E-state index is 11.1. The number of rotatable bonds is 9. The van der Waals surface area contributed by atoms with Crippen LogP contribution in [0.15, 0.2) is 71.1 Å². The molecule has 0 fully saturated rings. The highest BCUT2D eigenvalue weighted by molar-refractivity contribution is 8.01. The van der Waals surface area contributed by atoms with Gasteiger partial charge in [-0.2, -0.15) is 0 Å². The quantitative estimate of drug-likeness (QED) is 0.218. The summed E-state index contributed by atoms with van der Waals surface area (Å²) in [5.74, 6) is 1.07. The van der Waals surface area contributed by atoms with Crippen LogP contribution in [0.2, 0.25) is 0 Å². The number of carbonyl (C=O) groups is 1. The highest BCUT2D eigenvalue weighted by atomic mass is 32.2. The van der Waals surface area contributed by atoms with Crippen LogP contribution >= 0.6 is 23.1 Å². The lowest BCUT2D eigenvalue weighted by Crippen LogP contribution is -2.11. The molecule has 178 valence electrons. The number of thioether (sulfide) groups is 1. The third-order valence-corrected chi connectivity index (χ3v) is 8.62. The Morgan fingerprint density at radius 2 is 1.71 bits per heavy atom. The number of carboxylic acids is 1. The first-order valence-electron chi connectivity index (χ1n) is 11.7. The average molecular weight is 502 g/mol. The first-order valence-corrected chi connectivity index (χ1v) is 13.5. The van der Waals surface area contributed by atoms with Gasteiger partial charge in [0.1, 0.15) is 5.75 Å². The summed E-state index contributed by atoms with van der Waals surface area (Å²) >= 11 is 3.57. The molecule has 0 radical (unpaired) electrons. The van der Waals surface area contributed by atoms with Crippen molar-refractivity contribution < 1.29 is 14.6 Å². The molecule has 1 heterocycles. The number of hydrogen-bond acceptors (Lipinski definition) is 5. The van der Waals surface area contributed by atoms with E-state index in [4.69, 9.17) is 14.8 Å². The smallest absolute Gasteiger partial charge is 0.341 e. The van der Waals surface area contributed by atoms with Gasteiger partial charge in [0, 0.05) is 34.1 Å². The largest absolute Gasteiger partial charge is 0.481 e. The highest BCUT2D eigenvalue weighted by Gasteiger charge is 2.29. The van der Waals surface area contributed by atoms with Gasteiger partial charge in [0.2, 0.25) is 0 Å². The summed E-state index contributed by atoms with van der Waals surface area (Å²) in [4.78, 5) is 17.3. The van der Waals surface area contributed by atoms with Crippen molar-refractivity contribution in [1.29, 1.82) is 0 Å². The van der Waals surface area contributed by atoms with Crippen LogP contribution in [0.25, 0.3) is 11.3 Å². The lowest BCUT2D eigenvalue weighted by atomic mass is 9.89. The van der Waals surface area contributed by atoms with Crippen LogP contribution in [0, 0.1) is 13.8 Å². The van der Waals surface area contributed by atoms with Gasteiger partial charge in [-0.05, 0) is 42.5 Å². The van der Waals surface area contributed by atoms with Gasteiger partial charge in [0.15, 0.2) is 10.9 Å². The lowest BCUT2D eigenvalue weighted by Gasteiger charge is -2.17. The van der Waals surface area contributed by atoms with Crippen LogP contribution in [0.1, 0.15) is 45.0 Å². The molecule has 0 unspecified atom stereocenters. The third-order valence-electron chi connectivity index (χ3n) is 6.39. The van der Waals surface area contributed by atoms with Gasteiger partial charge in [-0.25, -0.2) is 9.78 Å². The minimum atomic E-state index is -0.965. The highest BCUT2D eigenvalue weighted by Crippen LogP contribution is 2.48. The molecule has 1 aliphatic carbocycles. The number of benzene rings is 3. The van der Waals surface area contributed by atoms with Gasteiger partial charge >= 0.3 is 5.97 Å². The Morgan fingerprint density at radius 3 is 2.34 bits per heavy atom. The molecule has 5 rings (SSSR count). The predicted molar refractivity (Wildman–Crippen MR) is 143 cm³/mol. The van der Waals surface area contributed by atoms with E-state index in [2.05, 4.69) is 73.7 Å². The van der Waals surface area contributed by atoms with Gasteiger partial charge in [0.05, 0.1) is 5.69 Å². The number of aromatic nitrogens is 1. The Kier molecular flexibility index (Phi) is 6.93. The summed E-state index contributed by atoms with van der Waals surface area (Å²) in [6.45, 7) is 3.74. The molecule has 0 atom stereocenters. The third kappa shape index (κ3) is 5.00. The van der Waals surface area contributed by atoms with Crippen LogP contribution in [0.3, 0.4) is 0 Å². The van der Waals surface area contributed by atoms with E-state index in [1.165, 1.54) is 16.0 Å². The summed E-state index contributed by atoms with van der Waals surface area (Å²) in [6, 6.07) is 23.5. The number of ether oxygens (including phenoxy) is 1. The van der Waals surface area contributed by atoms with E-state index in [9.17, 15) is 4.79 Å². The molecule has 0 aliphatic heterocycles. The van der Waals surface area contributed by atoms with E-state index in [-0.39, 0.29) is 6.61 Å². The Morgan fingerprint density at radius 1 is 1.06 bits per heavy atom. The van der Waals surface area contributed by atoms with Crippen molar-refractivity contribution in [3.8, 4) is 17.0 Å². The van der Waals surface area contributed by atoms with Crippen molar-refractivity contribution in [2.45, 2.75) is 36.9 Å². The second-order valence-corrected chi connectivity index (χ2v) is 11.2. The number of nitrogens with zero attached hydrogens (tertiary/aromatic N) is 1. The first-order chi connectivity index (χ1) is 17.0. The maximum Gasteiger partial charge on any atom is 0.341 e. The summed E-state index contributed by atoms with van der Waals surface area (Å²) in [5, 5.41) is 9.07. The Bertz CT molecular complexity index is 1310. The van der Waals surface area contributed by atoms with Gasteiger partial charge < -0.3 is 9.84 Å². The zero-order chi connectivity index (χ0) is 24.4. The molecular weight excluding hydrogens is 474 g/mol. The van der Waals surface area contributed by atoms with Crippen LogP contribution < -0.4 is 4.74 Å². The standard InChI is InChI=1S/C29H27NO3S2/c1-18-15-19(2)28(33-17-25(31)32)23-16-24-27(26(18)23)30-29(35-24)34-14-13-22(20-9-5-3-6-10-20)21-11-7-4-8-12-21/h3-12,15,22H,13-14,16-17H2,1-2H3,(H,31,32). The van der Waals surface area contributed by atoms with Crippen LogP contribution in [-0.4, -0.2) is 28.4 Å². The number of thiazole rings is 1. The molecule has 1 aliphatic rings. The zero-order valence-electron chi connectivity index (χ0n) is 19.8. The Labute approximate surface area is 214 Å². The molecule has 1 N–H and O–H groups in total. The summed E-state index contributed by atoms with van der Waals surface area (Å²) in [7, 11) is 0. The fourth-order valence-corrected chi connectivity index (χ4v) is 7.19. The molecule has 0 saturated heterocycles. The normalized spacial score (nSPS) is 12.0. The molecule has 4 aromatic rings. The van der Waals surface area contributed by atoms with Crippen LogP contribution in [-0.2, 0) is 11.2 Å². The van der Waals surface area contributed by atoms with Crippen molar-refractivity contribution in [2.24, 2.45) is 0 Å². The molecule has 4 nitrogen and oxygen atoms in total. The van der Waals surface area contributed by atoms with Crippen molar-refractivity contribution in [3.63, 3.8) is 0 Å². The van der Waals surface area contributed by atoms with Crippen molar-refractivity contribution in [2.75, 3.05) is 12.4 Å². The summed E-state index contributed by atoms with van der Waals surface area (Å²) < 4.78 is 6.77. The molecule has 0 spiro atoms. The van der Waals surface area contributed by atoms with E-state index in [0.717, 1.165) is 50.9 Å². The predicted octanol–water partition coefficient (Wildman–Crippen LogP) is 7.11. The van der Waals surface area contributed by atoms with Crippen LogP contribution in [0.4, 0.5) is 0 Å². The molecule has 0 saturated carbocycles. The number of carboxylic acid groups (broad SMARTS) is 1. The zero-order valence-corrected chi connectivity index (χ0v) is 21.4. The van der Waals surface area contributed by atoms with Gasteiger partial charge in [-0.15, -0.1) is 11.3 Å². The average Bonchev–Trinajstić information content (AvgIpc) is 3.40. The topological polar surface area (TPSA) is 59.4 Å².